The standard InChI is InChI=1S/C5H6N6S3.Na.H/c12-3-1-2-10(4(13)6-3)11-5(14)7-8-9-11;;/h1,12H,2H2,(H,6,13)(H,7,9,14);;/q;+1;-1. The largest absolute Gasteiger partial charge is 1.00 e. The second-order valence-electron chi connectivity index (χ2n) is 2.50. The summed E-state index contributed by atoms with van der Waals surface area (Å²) >= 11 is 14.2. The Bertz CT molecular complexity index is 455. The van der Waals surface area contributed by atoms with Gasteiger partial charge in [0, 0.05) is 0 Å². The maximum Gasteiger partial charge on any atom is 1.00 e. The molecule has 2 rings (SSSR count). The second-order valence-corrected chi connectivity index (χ2v) is 3.73. The van der Waals surface area contributed by atoms with Gasteiger partial charge in [0.2, 0.25) is 0 Å². The van der Waals surface area contributed by atoms with Gasteiger partial charge in [-0.05, 0) is 35.7 Å². The van der Waals surface area contributed by atoms with Crippen molar-refractivity contribution in [3.63, 3.8) is 0 Å². The number of aromatic amines is 1. The smallest absolute Gasteiger partial charge is 1.00 e. The van der Waals surface area contributed by atoms with Crippen molar-refractivity contribution >= 4 is 42.2 Å². The van der Waals surface area contributed by atoms with E-state index in [1.807, 2.05) is 6.08 Å². The van der Waals surface area contributed by atoms with Gasteiger partial charge in [-0.15, -0.1) is 17.4 Å². The summed E-state index contributed by atoms with van der Waals surface area (Å²) in [7, 11) is 0. The first-order valence-corrected chi connectivity index (χ1v) is 4.93. The minimum atomic E-state index is 0. The molecule has 10 heteroatoms. The Hall–Kier alpha value is 0.0700. The predicted molar refractivity (Wildman–Crippen MR) is 62.2 cm³/mol. The molecule has 0 amide bonds. The molecule has 15 heavy (non-hydrogen) atoms. The molecule has 0 saturated carbocycles. The summed E-state index contributed by atoms with van der Waals surface area (Å²) in [6.45, 7) is 0.572. The van der Waals surface area contributed by atoms with Crippen LogP contribution in [0.2, 0.25) is 0 Å². The normalized spacial score (nSPS) is 15.4. The molecule has 1 aliphatic rings. The first-order valence-electron chi connectivity index (χ1n) is 3.66. The Labute approximate surface area is 125 Å². The number of rotatable bonds is 1. The molecule has 2 N–H and O–H groups in total. The number of nitrogens with one attached hydrogen (secondary N) is 2. The van der Waals surface area contributed by atoms with Gasteiger partial charge in [-0.25, -0.2) is 5.01 Å². The first kappa shape index (κ1) is 13.1. The van der Waals surface area contributed by atoms with E-state index >= 15 is 0 Å². The van der Waals surface area contributed by atoms with E-state index in [-0.39, 0.29) is 31.0 Å². The Morgan fingerprint density at radius 1 is 1.53 bits per heavy atom. The van der Waals surface area contributed by atoms with Crippen LogP contribution in [0.25, 0.3) is 0 Å². The van der Waals surface area contributed by atoms with E-state index in [2.05, 4.69) is 33.5 Å². The molecule has 0 radical (unpaired) electrons. The van der Waals surface area contributed by atoms with Crippen molar-refractivity contribution in [2.24, 2.45) is 0 Å². The van der Waals surface area contributed by atoms with Crippen LogP contribution in [0.3, 0.4) is 0 Å². The molecule has 1 aromatic heterocycles. The van der Waals surface area contributed by atoms with E-state index in [0.717, 1.165) is 5.03 Å². The third kappa shape index (κ3) is 2.80. The number of nitrogens with zero attached hydrogens (tertiary/aromatic N) is 4. The first-order chi connectivity index (χ1) is 6.68. The van der Waals surface area contributed by atoms with Gasteiger partial charge in [0.1, 0.15) is 0 Å². The fourth-order valence-electron chi connectivity index (χ4n) is 1.00. The number of H-pyrrole nitrogens is 1. The van der Waals surface area contributed by atoms with E-state index < -0.39 is 0 Å². The average Bonchev–Trinajstić information content (AvgIpc) is 2.52. The summed E-state index contributed by atoms with van der Waals surface area (Å²) in [5, 5.41) is 15.6. The van der Waals surface area contributed by atoms with Crippen LogP contribution in [-0.2, 0) is 0 Å². The van der Waals surface area contributed by atoms with Crippen molar-refractivity contribution in [2.75, 3.05) is 11.6 Å². The number of hydrogen-bond acceptors (Lipinski definition) is 5. The molecule has 0 fully saturated rings. The zero-order valence-corrected chi connectivity index (χ0v) is 12.4. The number of thiocarbonyl (C=S) groups is 1. The molecule has 76 valence electrons. The fraction of sp³-hybridized carbons (Fsp3) is 0.200. The Morgan fingerprint density at radius 3 is 2.80 bits per heavy atom. The Kier molecular flexibility index (Phi) is 4.74. The maximum absolute atomic E-state index is 5.09. The van der Waals surface area contributed by atoms with Crippen LogP contribution in [0.5, 0.6) is 0 Å². The van der Waals surface area contributed by atoms with Crippen molar-refractivity contribution in [1.29, 1.82) is 0 Å². The zero-order valence-electron chi connectivity index (χ0n) is 8.84. The van der Waals surface area contributed by atoms with Crippen LogP contribution in [0.15, 0.2) is 11.1 Å². The number of thiol groups is 1. The number of tetrazole rings is 1. The predicted octanol–water partition coefficient (Wildman–Crippen LogP) is -2.95. The molecular weight excluding hydrogens is 263 g/mol. The minimum Gasteiger partial charge on any atom is -1.00 e. The Balaban J connectivity index is 0.00000112. The van der Waals surface area contributed by atoms with Gasteiger partial charge in [0.25, 0.3) is 4.77 Å². The molecule has 0 bridgehead atoms. The Morgan fingerprint density at radius 2 is 2.27 bits per heavy atom. The molecular formula is C5H7N6NaS3. The van der Waals surface area contributed by atoms with Crippen LogP contribution in [0.4, 0.5) is 0 Å². The average molecular weight is 270 g/mol. The summed E-state index contributed by atoms with van der Waals surface area (Å²) < 4.78 is 0.324. The van der Waals surface area contributed by atoms with Gasteiger partial charge >= 0.3 is 29.6 Å². The van der Waals surface area contributed by atoms with E-state index in [1.54, 1.807) is 5.01 Å². The molecule has 0 aliphatic carbocycles. The number of hydrogen-bond donors (Lipinski definition) is 3. The van der Waals surface area contributed by atoms with Crippen LogP contribution in [0.1, 0.15) is 1.43 Å². The molecule has 0 saturated heterocycles. The van der Waals surface area contributed by atoms with Crippen LogP contribution < -0.4 is 39.9 Å². The molecule has 2 heterocycles. The molecule has 6 nitrogen and oxygen atoms in total. The minimum absolute atomic E-state index is 0. The summed E-state index contributed by atoms with van der Waals surface area (Å²) in [5.74, 6) is 0. The van der Waals surface area contributed by atoms with E-state index in [4.69, 9.17) is 24.4 Å². The molecule has 0 unspecified atom stereocenters. The van der Waals surface area contributed by atoms with Crippen LogP contribution in [0, 0.1) is 4.77 Å². The van der Waals surface area contributed by atoms with Gasteiger partial charge in [-0.1, -0.05) is 5.10 Å². The van der Waals surface area contributed by atoms with Gasteiger partial charge in [0.05, 0.1) is 11.6 Å². The summed E-state index contributed by atoms with van der Waals surface area (Å²) in [5.41, 5.74) is 0. The molecule has 1 aromatic rings. The second kappa shape index (κ2) is 5.41. The van der Waals surface area contributed by atoms with Gasteiger partial charge in [-0.3, -0.25) is 0 Å². The number of aromatic nitrogens is 4. The monoisotopic (exact) mass is 270 g/mol. The third-order valence-electron chi connectivity index (χ3n) is 1.62. The van der Waals surface area contributed by atoms with Crippen molar-refractivity contribution in [3.05, 3.63) is 15.9 Å². The topological polar surface area (TPSA) is 61.8 Å². The molecule has 1 aliphatic heterocycles. The van der Waals surface area contributed by atoms with Crippen molar-refractivity contribution in [2.45, 2.75) is 0 Å². The summed E-state index contributed by atoms with van der Waals surface area (Å²) in [4.78, 5) is 1.49. The third-order valence-corrected chi connectivity index (χ3v) is 2.49. The quantitative estimate of drug-likeness (QED) is 0.288. The van der Waals surface area contributed by atoms with Gasteiger partial charge in [-0.2, -0.15) is 5.21 Å². The summed E-state index contributed by atoms with van der Waals surface area (Å²) in [6, 6.07) is 0. The summed E-state index contributed by atoms with van der Waals surface area (Å²) in [6.07, 6.45) is 1.86. The van der Waals surface area contributed by atoms with E-state index in [1.165, 1.54) is 4.79 Å². The van der Waals surface area contributed by atoms with Crippen LogP contribution in [-0.4, -0.2) is 32.0 Å². The fourth-order valence-corrected chi connectivity index (χ4v) is 1.71. The van der Waals surface area contributed by atoms with Crippen molar-refractivity contribution < 1.29 is 31.0 Å². The zero-order chi connectivity index (χ0) is 10.1. The van der Waals surface area contributed by atoms with Crippen LogP contribution >= 0.6 is 37.1 Å². The SMILES string of the molecule is S=C1NC(S)=CCN1n1[nH]nnc1=S.[H-].[Na+]. The van der Waals surface area contributed by atoms with Crippen molar-refractivity contribution in [3.8, 4) is 0 Å². The maximum atomic E-state index is 5.09. The van der Waals surface area contributed by atoms with Gasteiger partial charge in [0.15, 0.2) is 5.11 Å². The van der Waals surface area contributed by atoms with Gasteiger partial charge < -0.3 is 6.74 Å². The molecule has 0 spiro atoms. The van der Waals surface area contributed by atoms with E-state index in [9.17, 15) is 0 Å². The van der Waals surface area contributed by atoms with E-state index in [0.29, 0.717) is 16.4 Å². The molecule has 0 aromatic carbocycles. The van der Waals surface area contributed by atoms with Crippen molar-refractivity contribution in [1.82, 2.24) is 25.6 Å². The molecule has 0 atom stereocenters.